The lowest BCUT2D eigenvalue weighted by molar-refractivity contribution is -0.262. The zero-order valence-electron chi connectivity index (χ0n) is 19.4. The number of carbonyl (C=O) groups is 1. The molecule has 184 valence electrons. The largest absolute Gasteiger partial charge is 0.489 e. The van der Waals surface area contributed by atoms with Gasteiger partial charge in [-0.3, -0.25) is 0 Å². The van der Waals surface area contributed by atoms with Gasteiger partial charge in [0.25, 0.3) is 0 Å². The van der Waals surface area contributed by atoms with E-state index >= 15 is 0 Å². The van der Waals surface area contributed by atoms with Crippen LogP contribution in [0.15, 0.2) is 70.4 Å². The topological polar surface area (TPSA) is 65.7 Å². The SMILES string of the molecule is C=CC(=O)OC1CCC(Oc2ccc3cc(-c4ccccc4CC)c(=O)oc3c2)C1(C)C(F)(F)F. The smallest absolute Gasteiger partial charge is 0.401 e. The average molecular weight is 486 g/mol. The van der Waals surface area contributed by atoms with Gasteiger partial charge in [-0.2, -0.15) is 13.2 Å². The van der Waals surface area contributed by atoms with E-state index in [1.165, 1.54) is 12.1 Å². The molecule has 5 nitrogen and oxygen atoms in total. The molecule has 0 amide bonds. The molecule has 3 unspecified atom stereocenters. The molecule has 4 rings (SSSR count). The second kappa shape index (κ2) is 9.24. The van der Waals surface area contributed by atoms with Gasteiger partial charge in [0, 0.05) is 17.5 Å². The van der Waals surface area contributed by atoms with Gasteiger partial charge in [0.05, 0.1) is 5.56 Å². The lowest BCUT2D eigenvalue weighted by Gasteiger charge is -2.37. The Labute approximate surface area is 200 Å². The summed E-state index contributed by atoms with van der Waals surface area (Å²) in [4.78, 5) is 24.4. The van der Waals surface area contributed by atoms with Gasteiger partial charge in [-0.1, -0.05) is 37.8 Å². The van der Waals surface area contributed by atoms with Gasteiger partial charge in [-0.25, -0.2) is 9.59 Å². The third kappa shape index (κ3) is 4.45. The van der Waals surface area contributed by atoms with Gasteiger partial charge in [-0.15, -0.1) is 0 Å². The monoisotopic (exact) mass is 486 g/mol. The quantitative estimate of drug-likeness (QED) is 0.235. The van der Waals surface area contributed by atoms with E-state index in [-0.39, 0.29) is 24.2 Å². The lowest BCUT2D eigenvalue weighted by Crippen LogP contribution is -2.51. The van der Waals surface area contributed by atoms with Crippen LogP contribution in [0.25, 0.3) is 22.1 Å². The predicted molar refractivity (Wildman–Crippen MR) is 125 cm³/mol. The van der Waals surface area contributed by atoms with E-state index in [2.05, 4.69) is 6.58 Å². The third-order valence-electron chi connectivity index (χ3n) is 6.74. The molecule has 1 fully saturated rings. The third-order valence-corrected chi connectivity index (χ3v) is 6.74. The predicted octanol–water partition coefficient (Wildman–Crippen LogP) is 6.23. The Morgan fingerprint density at radius 3 is 2.54 bits per heavy atom. The van der Waals surface area contributed by atoms with Crippen LogP contribution in [0.3, 0.4) is 0 Å². The molecule has 0 radical (unpaired) electrons. The van der Waals surface area contributed by atoms with Crippen LogP contribution in [0.1, 0.15) is 32.3 Å². The van der Waals surface area contributed by atoms with Crippen LogP contribution in [0.2, 0.25) is 0 Å². The van der Waals surface area contributed by atoms with Crippen molar-refractivity contribution in [1.29, 1.82) is 0 Å². The first-order chi connectivity index (χ1) is 16.6. The molecule has 0 aliphatic heterocycles. The fourth-order valence-corrected chi connectivity index (χ4v) is 4.63. The number of fused-ring (bicyclic) bond motifs is 1. The van der Waals surface area contributed by atoms with Crippen LogP contribution >= 0.6 is 0 Å². The summed E-state index contributed by atoms with van der Waals surface area (Å²) >= 11 is 0. The molecule has 1 aliphatic rings. The molecule has 3 aromatic rings. The Hall–Kier alpha value is -3.55. The van der Waals surface area contributed by atoms with Gasteiger partial charge in [0.2, 0.25) is 0 Å². The minimum atomic E-state index is -4.69. The Balaban J connectivity index is 1.66. The number of aryl methyl sites for hydroxylation is 1. The molecule has 8 heteroatoms. The number of rotatable bonds is 6. The first-order valence-corrected chi connectivity index (χ1v) is 11.3. The molecule has 1 aromatic heterocycles. The van der Waals surface area contributed by atoms with E-state index in [1.54, 1.807) is 12.1 Å². The van der Waals surface area contributed by atoms with Gasteiger partial charge in [-0.05, 0) is 55.5 Å². The summed E-state index contributed by atoms with van der Waals surface area (Å²) in [6.45, 7) is 6.23. The summed E-state index contributed by atoms with van der Waals surface area (Å²) in [7, 11) is 0. The zero-order valence-corrected chi connectivity index (χ0v) is 19.4. The number of ether oxygens (including phenoxy) is 2. The summed E-state index contributed by atoms with van der Waals surface area (Å²) in [5, 5.41) is 0.612. The van der Waals surface area contributed by atoms with Gasteiger partial charge in [0.1, 0.15) is 29.0 Å². The van der Waals surface area contributed by atoms with Gasteiger partial charge in [0.15, 0.2) is 0 Å². The summed E-state index contributed by atoms with van der Waals surface area (Å²) < 4.78 is 58.7. The number of hydrogen-bond acceptors (Lipinski definition) is 5. The Morgan fingerprint density at radius 1 is 1.14 bits per heavy atom. The van der Waals surface area contributed by atoms with Crippen LogP contribution in [0.5, 0.6) is 5.75 Å². The molecule has 2 aromatic carbocycles. The van der Waals surface area contributed by atoms with Gasteiger partial charge < -0.3 is 13.9 Å². The van der Waals surface area contributed by atoms with Crippen LogP contribution < -0.4 is 10.4 Å². The highest BCUT2D eigenvalue weighted by Crippen LogP contribution is 2.53. The van der Waals surface area contributed by atoms with Crippen molar-refractivity contribution in [3.8, 4) is 16.9 Å². The molecule has 1 aliphatic carbocycles. The van der Waals surface area contributed by atoms with Crippen molar-refractivity contribution in [1.82, 2.24) is 0 Å². The number of hydrogen-bond donors (Lipinski definition) is 0. The molecule has 1 saturated carbocycles. The van der Waals surface area contributed by atoms with Crippen molar-refractivity contribution in [2.75, 3.05) is 0 Å². The summed E-state index contributed by atoms with van der Waals surface area (Å²) in [5.41, 5.74) is -0.582. The highest BCUT2D eigenvalue weighted by atomic mass is 19.4. The highest BCUT2D eigenvalue weighted by molar-refractivity contribution is 5.83. The summed E-state index contributed by atoms with van der Waals surface area (Å²) in [6, 6.07) is 13.8. The van der Waals surface area contributed by atoms with E-state index in [9.17, 15) is 22.8 Å². The van der Waals surface area contributed by atoms with Crippen molar-refractivity contribution in [2.24, 2.45) is 5.41 Å². The van der Waals surface area contributed by atoms with Crippen molar-refractivity contribution in [3.63, 3.8) is 0 Å². The van der Waals surface area contributed by atoms with E-state index < -0.39 is 35.4 Å². The Morgan fingerprint density at radius 2 is 1.86 bits per heavy atom. The molecular weight excluding hydrogens is 461 g/mol. The second-order valence-electron chi connectivity index (χ2n) is 8.75. The molecule has 1 heterocycles. The molecule has 3 atom stereocenters. The minimum Gasteiger partial charge on any atom is -0.489 e. The molecule has 0 bridgehead atoms. The molecule has 0 N–H and O–H groups in total. The van der Waals surface area contributed by atoms with Crippen molar-refractivity contribution >= 4 is 16.9 Å². The standard InChI is InChI=1S/C27H25F3O5/c1-4-16-8-6-7-9-19(16)20-14-17-10-11-18(15-21(17)34-25(20)32)33-22-12-13-23(35-24(31)5-2)26(22,3)27(28,29)30/h5-11,14-15,22-23H,2,4,12-13H2,1,3H3. The van der Waals surface area contributed by atoms with Gasteiger partial charge >= 0.3 is 17.8 Å². The van der Waals surface area contributed by atoms with E-state index in [1.807, 2.05) is 31.2 Å². The Kier molecular flexibility index (Phi) is 6.49. The van der Waals surface area contributed by atoms with E-state index in [0.717, 1.165) is 30.5 Å². The number of alkyl halides is 3. The fourth-order valence-electron chi connectivity index (χ4n) is 4.63. The molecule has 35 heavy (non-hydrogen) atoms. The molecule has 0 spiro atoms. The number of esters is 1. The van der Waals surface area contributed by atoms with Crippen LogP contribution in [0, 0.1) is 5.41 Å². The van der Waals surface area contributed by atoms with E-state index in [0.29, 0.717) is 10.9 Å². The zero-order chi connectivity index (χ0) is 25.4. The van der Waals surface area contributed by atoms with Crippen molar-refractivity contribution < 1.29 is 31.9 Å². The number of carbonyl (C=O) groups excluding carboxylic acids is 1. The van der Waals surface area contributed by atoms with Crippen LogP contribution in [-0.2, 0) is 16.0 Å². The number of benzene rings is 2. The maximum absolute atomic E-state index is 14.1. The molecule has 0 saturated heterocycles. The van der Waals surface area contributed by atoms with Crippen molar-refractivity contribution in [2.45, 2.75) is 51.5 Å². The van der Waals surface area contributed by atoms with Crippen LogP contribution in [-0.4, -0.2) is 24.4 Å². The normalized spacial score (nSPS) is 22.2. The molecular formula is C27H25F3O5. The van der Waals surface area contributed by atoms with Crippen LogP contribution in [0.4, 0.5) is 13.2 Å². The lowest BCUT2D eigenvalue weighted by atomic mass is 9.83. The summed E-state index contributed by atoms with van der Waals surface area (Å²) in [6.07, 6.45) is -5.80. The first-order valence-electron chi connectivity index (χ1n) is 11.3. The first kappa shape index (κ1) is 24.6. The van der Waals surface area contributed by atoms with E-state index in [4.69, 9.17) is 13.9 Å². The minimum absolute atomic E-state index is 0.0108. The second-order valence-corrected chi connectivity index (χ2v) is 8.75. The van der Waals surface area contributed by atoms with Crippen molar-refractivity contribution in [3.05, 3.63) is 77.2 Å². The maximum atomic E-state index is 14.1. The Bertz CT molecular complexity index is 1330. The summed E-state index contributed by atoms with van der Waals surface area (Å²) in [5.74, 6) is -0.794. The highest BCUT2D eigenvalue weighted by Gasteiger charge is 2.66. The average Bonchev–Trinajstić information content (AvgIpc) is 3.14. The maximum Gasteiger partial charge on any atom is 0.401 e. The number of halogens is 3. The fraction of sp³-hybridized carbons (Fsp3) is 0.333.